The predicted molar refractivity (Wildman–Crippen MR) is 69.0 cm³/mol. The van der Waals surface area contributed by atoms with Crippen LogP contribution < -0.4 is 15.2 Å². The Morgan fingerprint density at radius 2 is 1.72 bits per heavy atom. The zero-order valence-corrected chi connectivity index (χ0v) is 10.6. The standard InChI is InChI=1S/C13H15N3O2/c1-8-4-5-10(6-9(8)2)18-12-7-11(17-3)15-13(14)16-12/h4-7H,1-3H3,(H2,14,15,16). The molecule has 0 saturated carbocycles. The van der Waals surface area contributed by atoms with Gasteiger partial charge in [-0.15, -0.1) is 0 Å². The maximum absolute atomic E-state index is 5.63. The molecule has 0 fully saturated rings. The van der Waals surface area contributed by atoms with E-state index in [-0.39, 0.29) is 5.95 Å². The second-order valence-corrected chi connectivity index (χ2v) is 3.95. The molecule has 0 saturated heterocycles. The minimum Gasteiger partial charge on any atom is -0.481 e. The summed E-state index contributed by atoms with van der Waals surface area (Å²) in [6.45, 7) is 4.07. The molecular formula is C13H15N3O2. The molecule has 1 aromatic heterocycles. The van der Waals surface area contributed by atoms with Crippen molar-refractivity contribution in [1.29, 1.82) is 0 Å². The molecule has 2 aromatic rings. The Bertz CT molecular complexity index is 570. The molecule has 1 heterocycles. The second kappa shape index (κ2) is 4.91. The van der Waals surface area contributed by atoms with Gasteiger partial charge in [0, 0.05) is 0 Å². The van der Waals surface area contributed by atoms with Crippen molar-refractivity contribution in [3.05, 3.63) is 35.4 Å². The third-order valence-corrected chi connectivity index (χ3v) is 2.61. The average molecular weight is 245 g/mol. The summed E-state index contributed by atoms with van der Waals surface area (Å²) in [5, 5.41) is 0. The smallest absolute Gasteiger partial charge is 0.227 e. The van der Waals surface area contributed by atoms with Gasteiger partial charge < -0.3 is 15.2 Å². The molecule has 0 amide bonds. The number of hydrogen-bond donors (Lipinski definition) is 1. The van der Waals surface area contributed by atoms with Gasteiger partial charge in [-0.3, -0.25) is 0 Å². The molecule has 0 spiro atoms. The van der Waals surface area contributed by atoms with E-state index in [1.54, 1.807) is 6.07 Å². The maximum Gasteiger partial charge on any atom is 0.227 e. The van der Waals surface area contributed by atoms with Crippen LogP contribution in [0.2, 0.25) is 0 Å². The van der Waals surface area contributed by atoms with Gasteiger partial charge in [-0.2, -0.15) is 9.97 Å². The van der Waals surface area contributed by atoms with Crippen LogP contribution in [-0.4, -0.2) is 17.1 Å². The molecule has 18 heavy (non-hydrogen) atoms. The van der Waals surface area contributed by atoms with Crippen molar-refractivity contribution in [2.45, 2.75) is 13.8 Å². The van der Waals surface area contributed by atoms with Crippen molar-refractivity contribution in [2.24, 2.45) is 0 Å². The molecular weight excluding hydrogens is 230 g/mol. The van der Waals surface area contributed by atoms with Crippen LogP contribution in [0, 0.1) is 13.8 Å². The summed E-state index contributed by atoms with van der Waals surface area (Å²) in [6, 6.07) is 7.41. The van der Waals surface area contributed by atoms with Gasteiger partial charge in [0.25, 0.3) is 0 Å². The van der Waals surface area contributed by atoms with Gasteiger partial charge in [0.05, 0.1) is 13.2 Å². The number of benzene rings is 1. The molecule has 5 nitrogen and oxygen atoms in total. The minimum absolute atomic E-state index is 0.119. The fourth-order valence-corrected chi connectivity index (χ4v) is 1.48. The lowest BCUT2D eigenvalue weighted by Gasteiger charge is -2.08. The van der Waals surface area contributed by atoms with Crippen molar-refractivity contribution >= 4 is 5.95 Å². The first-order valence-corrected chi connectivity index (χ1v) is 5.52. The van der Waals surface area contributed by atoms with E-state index < -0.39 is 0 Å². The topological polar surface area (TPSA) is 70.3 Å². The number of methoxy groups -OCH3 is 1. The predicted octanol–water partition coefficient (Wildman–Crippen LogP) is 2.48. The van der Waals surface area contributed by atoms with E-state index in [1.807, 2.05) is 32.0 Å². The van der Waals surface area contributed by atoms with E-state index in [9.17, 15) is 0 Å². The Balaban J connectivity index is 2.27. The quantitative estimate of drug-likeness (QED) is 0.899. The molecule has 94 valence electrons. The Kier molecular flexibility index (Phi) is 3.32. The molecule has 0 unspecified atom stereocenters. The molecule has 0 radical (unpaired) electrons. The summed E-state index contributed by atoms with van der Waals surface area (Å²) in [5.41, 5.74) is 7.92. The van der Waals surface area contributed by atoms with Crippen LogP contribution >= 0.6 is 0 Å². The average Bonchev–Trinajstić information content (AvgIpc) is 2.33. The second-order valence-electron chi connectivity index (χ2n) is 3.95. The number of nitrogens with zero attached hydrogens (tertiary/aromatic N) is 2. The summed E-state index contributed by atoms with van der Waals surface area (Å²) in [7, 11) is 1.52. The number of rotatable bonds is 3. The first-order chi connectivity index (χ1) is 8.58. The highest BCUT2D eigenvalue weighted by atomic mass is 16.5. The van der Waals surface area contributed by atoms with Crippen molar-refractivity contribution in [1.82, 2.24) is 9.97 Å². The molecule has 2 N–H and O–H groups in total. The first kappa shape index (κ1) is 12.2. The lowest BCUT2D eigenvalue weighted by molar-refractivity contribution is 0.389. The van der Waals surface area contributed by atoms with Crippen LogP contribution in [0.25, 0.3) is 0 Å². The van der Waals surface area contributed by atoms with Crippen LogP contribution in [0.5, 0.6) is 17.5 Å². The van der Waals surface area contributed by atoms with E-state index in [0.29, 0.717) is 17.5 Å². The van der Waals surface area contributed by atoms with Gasteiger partial charge in [0.2, 0.25) is 17.7 Å². The fourth-order valence-electron chi connectivity index (χ4n) is 1.48. The van der Waals surface area contributed by atoms with Crippen LogP contribution in [-0.2, 0) is 0 Å². The summed E-state index contributed by atoms with van der Waals surface area (Å²) >= 11 is 0. The molecule has 0 bridgehead atoms. The van der Waals surface area contributed by atoms with Crippen molar-refractivity contribution in [3.8, 4) is 17.5 Å². The molecule has 0 aliphatic rings. The third-order valence-electron chi connectivity index (χ3n) is 2.61. The number of aryl methyl sites for hydroxylation is 2. The van der Waals surface area contributed by atoms with E-state index in [2.05, 4.69) is 9.97 Å². The number of nitrogen functional groups attached to an aromatic ring is 1. The number of aromatic nitrogens is 2. The van der Waals surface area contributed by atoms with Crippen molar-refractivity contribution < 1.29 is 9.47 Å². The molecule has 0 aliphatic heterocycles. The van der Waals surface area contributed by atoms with E-state index in [0.717, 1.165) is 5.56 Å². The molecule has 5 heteroatoms. The highest BCUT2D eigenvalue weighted by Gasteiger charge is 2.05. The number of nitrogens with two attached hydrogens (primary N) is 1. The first-order valence-electron chi connectivity index (χ1n) is 5.52. The Morgan fingerprint density at radius 3 is 2.39 bits per heavy atom. The highest BCUT2D eigenvalue weighted by molar-refractivity contribution is 5.37. The van der Waals surface area contributed by atoms with Crippen LogP contribution in [0.4, 0.5) is 5.95 Å². The van der Waals surface area contributed by atoms with E-state index in [1.165, 1.54) is 12.7 Å². The molecule has 0 atom stereocenters. The van der Waals surface area contributed by atoms with Gasteiger partial charge in [-0.25, -0.2) is 0 Å². The zero-order chi connectivity index (χ0) is 13.1. The zero-order valence-electron chi connectivity index (χ0n) is 10.6. The monoisotopic (exact) mass is 245 g/mol. The number of ether oxygens (including phenoxy) is 2. The van der Waals surface area contributed by atoms with E-state index in [4.69, 9.17) is 15.2 Å². The van der Waals surface area contributed by atoms with Crippen molar-refractivity contribution in [2.75, 3.05) is 12.8 Å². The minimum atomic E-state index is 0.119. The lowest BCUT2D eigenvalue weighted by Crippen LogP contribution is -1.99. The number of anilines is 1. The Labute approximate surface area is 106 Å². The molecule has 1 aromatic carbocycles. The lowest BCUT2D eigenvalue weighted by atomic mass is 10.1. The summed E-state index contributed by atoms with van der Waals surface area (Å²) in [6.07, 6.45) is 0. The number of hydrogen-bond acceptors (Lipinski definition) is 5. The van der Waals surface area contributed by atoms with Crippen LogP contribution in [0.1, 0.15) is 11.1 Å². The van der Waals surface area contributed by atoms with Gasteiger partial charge >= 0.3 is 0 Å². The highest BCUT2D eigenvalue weighted by Crippen LogP contribution is 2.24. The summed E-state index contributed by atoms with van der Waals surface area (Å²) in [5.74, 6) is 1.57. The Morgan fingerprint density at radius 1 is 1.00 bits per heavy atom. The van der Waals surface area contributed by atoms with Gasteiger partial charge in [-0.05, 0) is 37.1 Å². The van der Waals surface area contributed by atoms with Gasteiger partial charge in [0.15, 0.2) is 0 Å². The summed E-state index contributed by atoms with van der Waals surface area (Å²) < 4.78 is 10.6. The SMILES string of the molecule is COc1cc(Oc2ccc(C)c(C)c2)nc(N)n1. The van der Waals surface area contributed by atoms with Gasteiger partial charge in [0.1, 0.15) is 5.75 Å². The molecule has 2 rings (SSSR count). The van der Waals surface area contributed by atoms with Gasteiger partial charge in [-0.1, -0.05) is 6.07 Å². The normalized spacial score (nSPS) is 10.2. The van der Waals surface area contributed by atoms with Crippen LogP contribution in [0.3, 0.4) is 0 Å². The maximum atomic E-state index is 5.63. The molecule has 0 aliphatic carbocycles. The fraction of sp³-hybridized carbons (Fsp3) is 0.231. The largest absolute Gasteiger partial charge is 0.481 e. The Hall–Kier alpha value is -2.30. The third kappa shape index (κ3) is 2.68. The van der Waals surface area contributed by atoms with Crippen LogP contribution in [0.15, 0.2) is 24.3 Å². The van der Waals surface area contributed by atoms with Crippen molar-refractivity contribution in [3.63, 3.8) is 0 Å². The summed E-state index contributed by atoms with van der Waals surface area (Å²) in [4.78, 5) is 7.88. The van der Waals surface area contributed by atoms with E-state index >= 15 is 0 Å².